The summed E-state index contributed by atoms with van der Waals surface area (Å²) in [5.74, 6) is 0.140. The highest BCUT2D eigenvalue weighted by atomic mass is 19.1. The van der Waals surface area contributed by atoms with Crippen molar-refractivity contribution in [1.82, 2.24) is 25.0 Å². The lowest BCUT2D eigenvalue weighted by molar-refractivity contribution is -0.119. The lowest BCUT2D eigenvalue weighted by atomic mass is 9.88. The number of hydrogen-bond donors (Lipinski definition) is 2. The molecule has 2 saturated heterocycles. The first-order valence-corrected chi connectivity index (χ1v) is 12.4. The number of urea groups is 1. The molecule has 7 nitrogen and oxygen atoms in total. The summed E-state index contributed by atoms with van der Waals surface area (Å²) in [5, 5.41) is 6.72. The third-order valence-electron chi connectivity index (χ3n) is 7.31. The van der Waals surface area contributed by atoms with Gasteiger partial charge in [-0.05, 0) is 79.4 Å². The fourth-order valence-electron chi connectivity index (χ4n) is 5.28. The number of piperidine rings is 1. The van der Waals surface area contributed by atoms with Gasteiger partial charge in [0.05, 0.1) is 11.9 Å². The van der Waals surface area contributed by atoms with Gasteiger partial charge in [0, 0.05) is 50.5 Å². The van der Waals surface area contributed by atoms with E-state index in [0.29, 0.717) is 12.3 Å². The number of rotatable bonds is 7. The Morgan fingerprint density at radius 2 is 1.86 bits per heavy atom. The molecule has 3 amide bonds. The van der Waals surface area contributed by atoms with Crippen LogP contribution in [0.15, 0.2) is 48.7 Å². The van der Waals surface area contributed by atoms with Crippen molar-refractivity contribution in [3.63, 3.8) is 0 Å². The minimum Gasteiger partial charge on any atom is -0.359 e. The molecule has 2 aromatic carbocycles. The van der Waals surface area contributed by atoms with Gasteiger partial charge in [-0.15, -0.1) is 0 Å². The van der Waals surface area contributed by atoms with E-state index in [2.05, 4.69) is 38.4 Å². The number of halogens is 1. The van der Waals surface area contributed by atoms with Crippen LogP contribution in [0, 0.1) is 5.82 Å². The molecule has 3 aromatic rings. The molecule has 3 heterocycles. The molecule has 184 valence electrons. The molecular weight excluding hydrogens is 445 g/mol. The highest BCUT2D eigenvalue weighted by Crippen LogP contribution is 2.36. The van der Waals surface area contributed by atoms with Crippen molar-refractivity contribution in [2.75, 3.05) is 46.3 Å². The molecule has 0 atom stereocenters. The molecule has 2 fully saturated rings. The molecular formula is C27H32FN5O2. The summed E-state index contributed by atoms with van der Waals surface area (Å²) >= 11 is 0. The summed E-state index contributed by atoms with van der Waals surface area (Å²) < 4.78 is 15.7. The number of carbonyl (C=O) groups excluding carboxylic acids is 2. The first-order valence-electron chi connectivity index (χ1n) is 12.4. The number of nitrogens with one attached hydrogen (secondary N) is 2. The van der Waals surface area contributed by atoms with E-state index >= 15 is 0 Å². The van der Waals surface area contributed by atoms with Gasteiger partial charge >= 0.3 is 6.03 Å². The SMILES string of the molecule is CNC(=O)Cc1ccc2c(c1)c(C1CCN(CCN3CCNC3=O)CC1)cn2-c1ccc(F)cc1. The Bertz CT molecular complexity index is 1210. The van der Waals surface area contributed by atoms with Gasteiger partial charge in [-0.3, -0.25) is 4.79 Å². The molecule has 0 radical (unpaired) electrons. The van der Waals surface area contributed by atoms with E-state index in [1.54, 1.807) is 19.2 Å². The van der Waals surface area contributed by atoms with E-state index in [1.807, 2.05) is 11.0 Å². The highest BCUT2D eigenvalue weighted by Gasteiger charge is 2.26. The molecule has 2 N–H and O–H groups in total. The predicted octanol–water partition coefficient (Wildman–Crippen LogP) is 3.26. The zero-order valence-electron chi connectivity index (χ0n) is 20.1. The van der Waals surface area contributed by atoms with Gasteiger partial charge < -0.3 is 25.0 Å². The van der Waals surface area contributed by atoms with E-state index in [-0.39, 0.29) is 17.8 Å². The Morgan fingerprint density at radius 1 is 1.09 bits per heavy atom. The Hall–Kier alpha value is -3.39. The summed E-state index contributed by atoms with van der Waals surface area (Å²) in [5.41, 5.74) is 4.25. The molecule has 0 unspecified atom stereocenters. The maximum absolute atomic E-state index is 13.6. The fraction of sp³-hybridized carbons (Fsp3) is 0.407. The number of likely N-dealkylation sites (N-methyl/N-ethyl adjacent to an activating group) is 1. The lowest BCUT2D eigenvalue weighted by Crippen LogP contribution is -2.40. The van der Waals surface area contributed by atoms with Crippen LogP contribution < -0.4 is 10.6 Å². The van der Waals surface area contributed by atoms with Crippen LogP contribution in [0.5, 0.6) is 0 Å². The molecule has 5 rings (SSSR count). The topological polar surface area (TPSA) is 69.6 Å². The van der Waals surface area contributed by atoms with Crippen molar-refractivity contribution in [1.29, 1.82) is 0 Å². The average molecular weight is 478 g/mol. The Morgan fingerprint density at radius 3 is 2.54 bits per heavy atom. The van der Waals surface area contributed by atoms with Crippen molar-refractivity contribution < 1.29 is 14.0 Å². The number of nitrogens with zero attached hydrogens (tertiary/aromatic N) is 3. The van der Waals surface area contributed by atoms with Crippen LogP contribution in [0.4, 0.5) is 9.18 Å². The summed E-state index contributed by atoms with van der Waals surface area (Å²) in [7, 11) is 1.65. The maximum atomic E-state index is 13.6. The van der Waals surface area contributed by atoms with E-state index < -0.39 is 0 Å². The summed E-state index contributed by atoms with van der Waals surface area (Å²) in [4.78, 5) is 28.1. The molecule has 0 aliphatic carbocycles. The average Bonchev–Trinajstić information content (AvgIpc) is 3.46. The largest absolute Gasteiger partial charge is 0.359 e. The third-order valence-corrected chi connectivity index (χ3v) is 7.31. The molecule has 8 heteroatoms. The number of aromatic nitrogens is 1. The van der Waals surface area contributed by atoms with Crippen LogP contribution in [0.25, 0.3) is 16.6 Å². The van der Waals surface area contributed by atoms with Crippen LogP contribution in [-0.2, 0) is 11.2 Å². The van der Waals surface area contributed by atoms with E-state index in [9.17, 15) is 14.0 Å². The molecule has 0 bridgehead atoms. The number of likely N-dealkylation sites (tertiary alicyclic amines) is 1. The van der Waals surface area contributed by atoms with Crippen LogP contribution in [-0.4, -0.2) is 72.6 Å². The van der Waals surface area contributed by atoms with Crippen molar-refractivity contribution >= 4 is 22.8 Å². The minimum atomic E-state index is -0.253. The fourth-order valence-corrected chi connectivity index (χ4v) is 5.28. The number of hydrogen-bond acceptors (Lipinski definition) is 3. The van der Waals surface area contributed by atoms with Crippen molar-refractivity contribution in [3.05, 3.63) is 65.6 Å². The quantitative estimate of drug-likeness (QED) is 0.549. The molecule has 0 saturated carbocycles. The predicted molar refractivity (Wildman–Crippen MR) is 134 cm³/mol. The number of fused-ring (bicyclic) bond motifs is 1. The summed E-state index contributed by atoms with van der Waals surface area (Å²) in [6.45, 7) is 5.16. The van der Waals surface area contributed by atoms with Gasteiger partial charge in [-0.25, -0.2) is 9.18 Å². The lowest BCUT2D eigenvalue weighted by Gasteiger charge is -2.32. The first-order chi connectivity index (χ1) is 17.0. The van der Waals surface area contributed by atoms with Crippen molar-refractivity contribution in [2.45, 2.75) is 25.2 Å². The van der Waals surface area contributed by atoms with Gasteiger partial charge in [0.15, 0.2) is 0 Å². The number of carbonyl (C=O) groups is 2. The molecule has 2 aliphatic rings. The summed E-state index contributed by atoms with van der Waals surface area (Å²) in [6, 6.07) is 12.8. The van der Waals surface area contributed by atoms with E-state index in [1.165, 1.54) is 17.7 Å². The Kier molecular flexibility index (Phi) is 6.72. The minimum absolute atomic E-state index is 0.0103. The van der Waals surface area contributed by atoms with Crippen LogP contribution in [0.3, 0.4) is 0 Å². The number of benzene rings is 2. The Labute approximate surface area is 204 Å². The smallest absolute Gasteiger partial charge is 0.317 e. The molecule has 0 spiro atoms. The second-order valence-corrected chi connectivity index (χ2v) is 9.47. The maximum Gasteiger partial charge on any atom is 0.317 e. The second kappa shape index (κ2) is 10.1. The van der Waals surface area contributed by atoms with Crippen LogP contribution >= 0.6 is 0 Å². The molecule has 35 heavy (non-hydrogen) atoms. The third kappa shape index (κ3) is 5.03. The zero-order valence-corrected chi connectivity index (χ0v) is 20.1. The van der Waals surface area contributed by atoms with Gasteiger partial charge in [-0.1, -0.05) is 6.07 Å². The summed E-state index contributed by atoms with van der Waals surface area (Å²) in [6.07, 6.45) is 4.61. The van der Waals surface area contributed by atoms with E-state index in [4.69, 9.17) is 0 Å². The van der Waals surface area contributed by atoms with Crippen LogP contribution in [0.1, 0.15) is 29.9 Å². The Balaban J connectivity index is 1.38. The van der Waals surface area contributed by atoms with Gasteiger partial charge in [0.25, 0.3) is 0 Å². The van der Waals surface area contributed by atoms with Gasteiger partial charge in [0.2, 0.25) is 5.91 Å². The van der Waals surface area contributed by atoms with E-state index in [0.717, 1.165) is 74.3 Å². The zero-order chi connectivity index (χ0) is 24.4. The molecule has 2 aliphatic heterocycles. The van der Waals surface area contributed by atoms with Gasteiger partial charge in [0.1, 0.15) is 5.82 Å². The first kappa shape index (κ1) is 23.4. The van der Waals surface area contributed by atoms with Crippen LogP contribution in [0.2, 0.25) is 0 Å². The highest BCUT2D eigenvalue weighted by molar-refractivity contribution is 5.88. The normalized spacial score (nSPS) is 17.2. The van der Waals surface area contributed by atoms with Crippen molar-refractivity contribution in [2.24, 2.45) is 0 Å². The molecule has 1 aromatic heterocycles. The standard InChI is InChI=1S/C27H32FN5O2/c1-29-26(34)17-19-2-7-25-23(16-19)24(18-33(25)22-5-3-21(28)4-6-22)20-8-11-31(12-9-20)14-15-32-13-10-30-27(32)35/h2-7,16,18,20H,8-15,17H2,1H3,(H,29,34)(H,30,35). The van der Waals surface area contributed by atoms with Gasteiger partial charge in [-0.2, -0.15) is 0 Å². The van der Waals surface area contributed by atoms with Crippen molar-refractivity contribution in [3.8, 4) is 5.69 Å². The monoisotopic (exact) mass is 477 g/mol. The number of amides is 3. The second-order valence-electron chi connectivity index (χ2n) is 9.47.